The number of unbranched alkanes of at least 4 members (excludes halogenated alkanes) is 1. The Kier molecular flexibility index (Phi) is 8.54. The van der Waals surface area contributed by atoms with Crippen LogP contribution in [-0.2, 0) is 0 Å². The molecule has 21 heavy (non-hydrogen) atoms. The van der Waals surface area contributed by atoms with Crippen molar-refractivity contribution < 1.29 is 14.2 Å². The summed E-state index contributed by atoms with van der Waals surface area (Å²) in [7, 11) is 0. The Morgan fingerprint density at radius 3 is 2.81 bits per heavy atom. The molecule has 0 aromatic heterocycles. The van der Waals surface area contributed by atoms with E-state index in [0.29, 0.717) is 24.5 Å². The normalized spacial score (nSPS) is 11.6. The molecule has 1 unspecified atom stereocenters. The van der Waals surface area contributed by atoms with E-state index in [1.54, 1.807) is 12.1 Å². The molecule has 0 saturated carbocycles. The fourth-order valence-corrected chi connectivity index (χ4v) is 2.02. The summed E-state index contributed by atoms with van der Waals surface area (Å²) < 4.78 is 19.4. The van der Waals surface area contributed by atoms with Crippen molar-refractivity contribution in [1.29, 1.82) is 0 Å². The van der Waals surface area contributed by atoms with Crippen molar-refractivity contribution in [3.05, 3.63) is 29.6 Å². The minimum Gasteiger partial charge on any atom is -0.490 e. The molecule has 0 aliphatic rings. The van der Waals surface area contributed by atoms with Crippen LogP contribution in [0.2, 0.25) is 0 Å². The van der Waals surface area contributed by atoms with Gasteiger partial charge in [-0.25, -0.2) is 4.39 Å². The molecule has 116 valence electrons. The molecule has 2 nitrogen and oxygen atoms in total. The number of hydrogen-bond donors (Lipinski definition) is 1. The van der Waals surface area contributed by atoms with Gasteiger partial charge < -0.3 is 9.84 Å². The first kappa shape index (κ1) is 17.5. The van der Waals surface area contributed by atoms with Gasteiger partial charge >= 0.3 is 0 Å². The summed E-state index contributed by atoms with van der Waals surface area (Å²) in [5, 5.41) is 8.70. The van der Waals surface area contributed by atoms with Gasteiger partial charge in [0.15, 0.2) is 11.6 Å². The van der Waals surface area contributed by atoms with Crippen molar-refractivity contribution in [3.8, 4) is 17.6 Å². The molecule has 0 heterocycles. The van der Waals surface area contributed by atoms with E-state index >= 15 is 0 Å². The van der Waals surface area contributed by atoms with Gasteiger partial charge in [0, 0.05) is 12.0 Å². The fourth-order valence-electron chi connectivity index (χ4n) is 2.02. The maximum atomic E-state index is 13.8. The predicted octanol–water partition coefficient (Wildman–Crippen LogP) is 4.15. The fraction of sp³-hybridized carbons (Fsp3) is 0.556. The Morgan fingerprint density at radius 2 is 2.14 bits per heavy atom. The summed E-state index contributed by atoms with van der Waals surface area (Å²) in [5.41, 5.74) is 0.710. The van der Waals surface area contributed by atoms with Crippen molar-refractivity contribution in [3.63, 3.8) is 0 Å². The topological polar surface area (TPSA) is 29.5 Å². The number of aliphatic hydroxyl groups excluding tert-OH is 1. The minimum absolute atomic E-state index is 0.0349. The van der Waals surface area contributed by atoms with Crippen LogP contribution in [0.3, 0.4) is 0 Å². The van der Waals surface area contributed by atoms with Crippen molar-refractivity contribution in [2.75, 3.05) is 13.2 Å². The highest BCUT2D eigenvalue weighted by Gasteiger charge is 2.09. The van der Waals surface area contributed by atoms with Crippen LogP contribution in [-0.4, -0.2) is 18.3 Å². The Hall–Kier alpha value is -1.53. The number of aliphatic hydroxyl groups is 1. The standard InChI is InChI=1S/C18H25FO2/c1-3-5-8-15(4-2)14-21-18-13-16(9-6-7-12-20)10-11-17(18)19/h10-11,13,15,20H,3-5,7-8,12,14H2,1-2H3. The highest BCUT2D eigenvalue weighted by molar-refractivity contribution is 5.40. The third-order valence-electron chi connectivity index (χ3n) is 3.42. The molecule has 0 amide bonds. The van der Waals surface area contributed by atoms with Gasteiger partial charge in [0.1, 0.15) is 0 Å². The zero-order valence-corrected chi connectivity index (χ0v) is 13.0. The van der Waals surface area contributed by atoms with E-state index in [9.17, 15) is 4.39 Å². The van der Waals surface area contributed by atoms with Gasteiger partial charge in [-0.15, -0.1) is 0 Å². The summed E-state index contributed by atoms with van der Waals surface area (Å²) in [6.45, 7) is 4.88. The van der Waals surface area contributed by atoms with Crippen LogP contribution in [0.4, 0.5) is 4.39 Å². The number of benzene rings is 1. The Bertz CT molecular complexity index is 474. The second kappa shape index (κ2) is 10.2. The maximum Gasteiger partial charge on any atom is 0.165 e. The van der Waals surface area contributed by atoms with Crippen LogP contribution >= 0.6 is 0 Å². The second-order valence-electron chi connectivity index (χ2n) is 5.15. The average molecular weight is 292 g/mol. The molecular weight excluding hydrogens is 267 g/mol. The molecular formula is C18H25FO2. The molecule has 1 aromatic carbocycles. The van der Waals surface area contributed by atoms with Crippen molar-refractivity contribution >= 4 is 0 Å². The highest BCUT2D eigenvalue weighted by atomic mass is 19.1. The Morgan fingerprint density at radius 1 is 1.33 bits per heavy atom. The lowest BCUT2D eigenvalue weighted by Gasteiger charge is -2.16. The predicted molar refractivity (Wildman–Crippen MR) is 83.8 cm³/mol. The lowest BCUT2D eigenvalue weighted by Crippen LogP contribution is -2.12. The summed E-state index contributed by atoms with van der Waals surface area (Å²) in [4.78, 5) is 0. The molecule has 0 aliphatic heterocycles. The first-order chi connectivity index (χ1) is 10.2. The number of ether oxygens (including phenoxy) is 1. The minimum atomic E-state index is -0.354. The third kappa shape index (κ3) is 6.64. The van der Waals surface area contributed by atoms with Crippen LogP contribution < -0.4 is 4.74 Å². The molecule has 0 bridgehead atoms. The van der Waals surface area contributed by atoms with E-state index in [-0.39, 0.29) is 18.2 Å². The van der Waals surface area contributed by atoms with Gasteiger partial charge in [-0.05, 0) is 30.5 Å². The maximum absolute atomic E-state index is 13.8. The molecule has 1 atom stereocenters. The van der Waals surface area contributed by atoms with Crippen LogP contribution in [0.5, 0.6) is 5.75 Å². The molecule has 0 aliphatic carbocycles. The zero-order chi connectivity index (χ0) is 15.5. The first-order valence-electron chi connectivity index (χ1n) is 7.73. The smallest absolute Gasteiger partial charge is 0.165 e. The van der Waals surface area contributed by atoms with Crippen molar-refractivity contribution in [2.24, 2.45) is 5.92 Å². The third-order valence-corrected chi connectivity index (χ3v) is 3.42. The molecule has 1 rings (SSSR count). The largest absolute Gasteiger partial charge is 0.490 e. The summed E-state index contributed by atoms with van der Waals surface area (Å²) in [6.07, 6.45) is 4.92. The van der Waals surface area contributed by atoms with E-state index in [4.69, 9.17) is 9.84 Å². The van der Waals surface area contributed by atoms with Gasteiger partial charge in [0.2, 0.25) is 0 Å². The SMILES string of the molecule is CCCCC(CC)COc1cc(C#CCCO)ccc1F. The summed E-state index contributed by atoms with van der Waals surface area (Å²) >= 11 is 0. The van der Waals surface area contributed by atoms with Crippen LogP contribution in [0.25, 0.3) is 0 Å². The molecule has 0 spiro atoms. The highest BCUT2D eigenvalue weighted by Crippen LogP contribution is 2.21. The van der Waals surface area contributed by atoms with Crippen molar-refractivity contribution in [1.82, 2.24) is 0 Å². The molecule has 0 saturated heterocycles. The monoisotopic (exact) mass is 292 g/mol. The first-order valence-corrected chi connectivity index (χ1v) is 7.73. The van der Waals surface area contributed by atoms with Crippen molar-refractivity contribution in [2.45, 2.75) is 46.0 Å². The lowest BCUT2D eigenvalue weighted by atomic mass is 10.0. The zero-order valence-electron chi connectivity index (χ0n) is 13.0. The average Bonchev–Trinajstić information content (AvgIpc) is 2.50. The quantitative estimate of drug-likeness (QED) is 0.729. The van der Waals surface area contributed by atoms with Gasteiger partial charge in [-0.2, -0.15) is 0 Å². The van der Waals surface area contributed by atoms with Gasteiger partial charge in [0.25, 0.3) is 0 Å². The molecule has 3 heteroatoms. The van der Waals surface area contributed by atoms with E-state index in [1.807, 2.05) is 0 Å². The van der Waals surface area contributed by atoms with Crippen LogP contribution in [0.1, 0.15) is 51.5 Å². The number of hydrogen-bond acceptors (Lipinski definition) is 2. The molecule has 0 radical (unpaired) electrons. The summed E-state index contributed by atoms with van der Waals surface area (Å²) in [6, 6.07) is 4.64. The lowest BCUT2D eigenvalue weighted by molar-refractivity contribution is 0.225. The van der Waals surface area contributed by atoms with E-state index in [1.165, 1.54) is 18.9 Å². The van der Waals surface area contributed by atoms with Crippen LogP contribution in [0, 0.1) is 23.6 Å². The van der Waals surface area contributed by atoms with Gasteiger partial charge in [-0.1, -0.05) is 45.0 Å². The van der Waals surface area contributed by atoms with E-state index < -0.39 is 0 Å². The van der Waals surface area contributed by atoms with E-state index in [2.05, 4.69) is 25.7 Å². The van der Waals surface area contributed by atoms with Crippen LogP contribution in [0.15, 0.2) is 18.2 Å². The molecule has 1 aromatic rings. The Balaban J connectivity index is 2.65. The number of rotatable bonds is 8. The summed E-state index contributed by atoms with van der Waals surface area (Å²) in [5.74, 6) is 6.09. The number of halogens is 1. The molecule has 1 N–H and O–H groups in total. The second-order valence-corrected chi connectivity index (χ2v) is 5.15. The molecule has 0 fully saturated rings. The van der Waals surface area contributed by atoms with Gasteiger partial charge in [0.05, 0.1) is 13.2 Å². The van der Waals surface area contributed by atoms with E-state index in [0.717, 1.165) is 12.8 Å². The Labute approximate surface area is 127 Å². The van der Waals surface area contributed by atoms with Gasteiger partial charge in [-0.3, -0.25) is 0 Å².